The smallest absolute Gasteiger partial charge is 0.405 e. The molecule has 0 aromatic rings. The molecule has 0 aromatic heterocycles. The third-order valence-corrected chi connectivity index (χ3v) is 2.52. The summed E-state index contributed by atoms with van der Waals surface area (Å²) < 4.78 is 0. The summed E-state index contributed by atoms with van der Waals surface area (Å²) in [4.78, 5) is 19.2. The van der Waals surface area contributed by atoms with Gasteiger partial charge >= 0.3 is 12.2 Å². The van der Waals surface area contributed by atoms with Gasteiger partial charge in [-0.15, -0.1) is 13.2 Å². The Morgan fingerprint density at radius 2 is 1.60 bits per heavy atom. The summed E-state index contributed by atoms with van der Waals surface area (Å²) in [7, 11) is 0. The van der Waals surface area contributed by atoms with Crippen molar-refractivity contribution < 1.29 is 19.8 Å². The summed E-state index contributed by atoms with van der Waals surface area (Å²) in [6, 6.07) is -0.106. The maximum atomic E-state index is 10.4. The van der Waals surface area contributed by atoms with Gasteiger partial charge in [-0.3, -0.25) is 0 Å². The van der Waals surface area contributed by atoms with Crippen LogP contribution < -0.4 is 11.1 Å². The molecule has 1 unspecified atom stereocenters. The molecule has 0 rings (SSSR count). The number of hydrogen-bond acceptors (Lipinski definition) is 2. The third-order valence-electron chi connectivity index (χ3n) is 2.52. The molecule has 0 bridgehead atoms. The van der Waals surface area contributed by atoms with Gasteiger partial charge in [0, 0.05) is 0 Å². The van der Waals surface area contributed by atoms with Crippen LogP contribution in [0.2, 0.25) is 0 Å². The highest BCUT2D eigenvalue weighted by Crippen LogP contribution is 2.09. The largest absolute Gasteiger partial charge is 0.465 e. The van der Waals surface area contributed by atoms with Crippen LogP contribution >= 0.6 is 0 Å². The molecule has 6 nitrogen and oxygen atoms in total. The predicted molar refractivity (Wildman–Crippen MR) is 79.9 cm³/mol. The molecule has 0 fully saturated rings. The lowest BCUT2D eigenvalue weighted by Crippen LogP contribution is -2.31. The molecule has 0 aromatic carbocycles. The van der Waals surface area contributed by atoms with E-state index in [0.29, 0.717) is 0 Å². The van der Waals surface area contributed by atoms with Crippen LogP contribution in [0.15, 0.2) is 25.3 Å². The lowest BCUT2D eigenvalue weighted by atomic mass is 10.1. The number of hydrogen-bond donors (Lipinski definition) is 4. The van der Waals surface area contributed by atoms with Crippen molar-refractivity contribution >= 4 is 12.2 Å². The van der Waals surface area contributed by atoms with Crippen LogP contribution in [0.1, 0.15) is 44.9 Å². The van der Waals surface area contributed by atoms with E-state index >= 15 is 0 Å². The lowest BCUT2D eigenvalue weighted by Gasteiger charge is -2.11. The third kappa shape index (κ3) is 21.3. The Kier molecular flexibility index (Phi) is 15.3. The Bertz CT molecular complexity index is 289. The molecule has 20 heavy (non-hydrogen) atoms. The summed E-state index contributed by atoms with van der Waals surface area (Å²) in [6.45, 7) is 7.30. The van der Waals surface area contributed by atoms with Crippen LogP contribution in [-0.2, 0) is 0 Å². The van der Waals surface area contributed by atoms with Crippen LogP contribution in [0.25, 0.3) is 0 Å². The van der Waals surface area contributed by atoms with E-state index in [1.165, 1.54) is 19.3 Å². The van der Waals surface area contributed by atoms with Gasteiger partial charge in [-0.05, 0) is 19.3 Å². The van der Waals surface area contributed by atoms with E-state index in [1.807, 2.05) is 6.08 Å². The van der Waals surface area contributed by atoms with Gasteiger partial charge in [-0.25, -0.2) is 9.59 Å². The van der Waals surface area contributed by atoms with Gasteiger partial charge in [0.2, 0.25) is 0 Å². The standard InChI is InChI=1S/C13H23NO2.CH3NO2/c1-3-5-6-7-8-9-10-11-12(4-2)14-13(15)16;2-1(3)4/h3-4,12,14H,1-2,5-11H2,(H,15,16);2H2,(H,3,4). The summed E-state index contributed by atoms with van der Waals surface area (Å²) in [5.74, 6) is 0. The average Bonchev–Trinajstić information content (AvgIpc) is 2.35. The minimum atomic E-state index is -1.33. The van der Waals surface area contributed by atoms with E-state index < -0.39 is 12.2 Å². The number of carbonyl (C=O) groups is 2. The van der Waals surface area contributed by atoms with Gasteiger partial charge in [0.1, 0.15) is 0 Å². The summed E-state index contributed by atoms with van der Waals surface area (Å²) >= 11 is 0. The minimum Gasteiger partial charge on any atom is -0.465 e. The first kappa shape index (κ1) is 20.3. The maximum Gasteiger partial charge on any atom is 0.405 e. The monoisotopic (exact) mass is 286 g/mol. The molecule has 116 valence electrons. The second-order valence-corrected chi connectivity index (χ2v) is 4.26. The topological polar surface area (TPSA) is 113 Å². The molecule has 0 aliphatic carbocycles. The maximum absolute atomic E-state index is 10.4. The van der Waals surface area contributed by atoms with Crippen molar-refractivity contribution in [3.63, 3.8) is 0 Å². The van der Waals surface area contributed by atoms with E-state index in [4.69, 9.17) is 15.0 Å². The highest BCUT2D eigenvalue weighted by atomic mass is 16.4. The Labute approximate surface area is 120 Å². The molecule has 0 saturated heterocycles. The molecule has 0 heterocycles. The molecule has 0 aliphatic rings. The Morgan fingerprint density at radius 1 is 1.10 bits per heavy atom. The van der Waals surface area contributed by atoms with Crippen molar-refractivity contribution in [3.8, 4) is 0 Å². The number of primary amides is 1. The fourth-order valence-electron chi connectivity index (χ4n) is 1.59. The molecule has 0 saturated carbocycles. The van der Waals surface area contributed by atoms with Gasteiger partial charge < -0.3 is 21.3 Å². The van der Waals surface area contributed by atoms with Crippen molar-refractivity contribution in [1.29, 1.82) is 0 Å². The minimum absolute atomic E-state index is 0.106. The van der Waals surface area contributed by atoms with Crippen molar-refractivity contribution in [2.75, 3.05) is 0 Å². The molecule has 0 spiro atoms. The predicted octanol–water partition coefficient (Wildman–Crippen LogP) is 3.35. The molecule has 2 amide bonds. The van der Waals surface area contributed by atoms with Gasteiger partial charge in [0.25, 0.3) is 0 Å². The average molecular weight is 286 g/mol. The lowest BCUT2D eigenvalue weighted by molar-refractivity contribution is 0.191. The first-order chi connectivity index (χ1) is 9.43. The Morgan fingerprint density at radius 3 is 2.05 bits per heavy atom. The molecular formula is C14H26N2O4. The van der Waals surface area contributed by atoms with Gasteiger partial charge in [-0.1, -0.05) is 37.8 Å². The van der Waals surface area contributed by atoms with Crippen molar-refractivity contribution in [3.05, 3.63) is 25.3 Å². The van der Waals surface area contributed by atoms with Gasteiger partial charge in [0.05, 0.1) is 6.04 Å². The highest BCUT2D eigenvalue weighted by molar-refractivity contribution is 5.65. The van der Waals surface area contributed by atoms with E-state index in [2.05, 4.69) is 24.2 Å². The van der Waals surface area contributed by atoms with E-state index in [9.17, 15) is 4.79 Å². The van der Waals surface area contributed by atoms with Gasteiger partial charge in [0.15, 0.2) is 0 Å². The number of amides is 2. The van der Waals surface area contributed by atoms with Crippen molar-refractivity contribution in [1.82, 2.24) is 5.32 Å². The first-order valence-electron chi connectivity index (χ1n) is 6.65. The Balaban J connectivity index is 0. The SMILES string of the molecule is C=CCCCCCCCC(C=C)NC(=O)O.NC(=O)O. The zero-order chi connectivity index (χ0) is 15.8. The summed E-state index contributed by atoms with van der Waals surface area (Å²) in [6.07, 6.45) is 9.09. The zero-order valence-corrected chi connectivity index (χ0v) is 11.9. The molecule has 0 aliphatic heterocycles. The molecule has 0 radical (unpaired) electrons. The Hall–Kier alpha value is -1.98. The quantitative estimate of drug-likeness (QED) is 0.364. The second kappa shape index (κ2) is 15.1. The molecule has 6 heteroatoms. The zero-order valence-electron chi connectivity index (χ0n) is 11.9. The van der Waals surface area contributed by atoms with E-state index in [0.717, 1.165) is 25.7 Å². The van der Waals surface area contributed by atoms with Crippen LogP contribution in [0.5, 0.6) is 0 Å². The number of nitrogens with two attached hydrogens (primary N) is 1. The summed E-state index contributed by atoms with van der Waals surface area (Å²) in [5.41, 5.74) is 4.03. The summed E-state index contributed by atoms with van der Waals surface area (Å²) in [5, 5.41) is 18.2. The number of nitrogens with one attached hydrogen (secondary N) is 1. The molecule has 1 atom stereocenters. The van der Waals surface area contributed by atoms with Crippen LogP contribution in [0.4, 0.5) is 9.59 Å². The van der Waals surface area contributed by atoms with Gasteiger partial charge in [-0.2, -0.15) is 0 Å². The highest BCUT2D eigenvalue weighted by Gasteiger charge is 2.05. The van der Waals surface area contributed by atoms with Crippen LogP contribution in [0, 0.1) is 0 Å². The van der Waals surface area contributed by atoms with E-state index in [1.54, 1.807) is 6.08 Å². The number of allylic oxidation sites excluding steroid dienone is 1. The molecule has 5 N–H and O–H groups in total. The van der Waals surface area contributed by atoms with E-state index in [-0.39, 0.29) is 6.04 Å². The fraction of sp³-hybridized carbons (Fsp3) is 0.571. The number of unbranched alkanes of at least 4 members (excludes halogenated alkanes) is 5. The number of rotatable bonds is 10. The van der Waals surface area contributed by atoms with Crippen LogP contribution in [-0.4, -0.2) is 28.4 Å². The molecular weight excluding hydrogens is 260 g/mol. The van der Waals surface area contributed by atoms with Crippen molar-refractivity contribution in [2.45, 2.75) is 51.0 Å². The fourth-order valence-corrected chi connectivity index (χ4v) is 1.59. The van der Waals surface area contributed by atoms with Crippen molar-refractivity contribution in [2.24, 2.45) is 5.73 Å². The van der Waals surface area contributed by atoms with Crippen LogP contribution in [0.3, 0.4) is 0 Å². The normalized spacial score (nSPS) is 10.6. The second-order valence-electron chi connectivity index (χ2n) is 4.26. The number of carboxylic acid groups (broad SMARTS) is 2. The first-order valence-corrected chi connectivity index (χ1v) is 6.65.